The summed E-state index contributed by atoms with van der Waals surface area (Å²) in [6, 6.07) is 13.8. The van der Waals surface area contributed by atoms with Gasteiger partial charge in [-0.3, -0.25) is 9.59 Å². The van der Waals surface area contributed by atoms with E-state index in [-0.39, 0.29) is 33.0 Å². The van der Waals surface area contributed by atoms with E-state index in [1.54, 1.807) is 0 Å². The molecule has 0 N–H and O–H groups in total. The van der Waals surface area contributed by atoms with E-state index in [1.165, 1.54) is 48.5 Å². The van der Waals surface area contributed by atoms with Gasteiger partial charge >= 0.3 is 11.9 Å². The Labute approximate surface area is 157 Å². The maximum Gasteiger partial charge on any atom is 0.346 e. The third-order valence-electron chi connectivity index (χ3n) is 4.91. The summed E-state index contributed by atoms with van der Waals surface area (Å²) in [5.41, 5.74) is 1.43. The van der Waals surface area contributed by atoms with Crippen molar-refractivity contribution in [1.29, 1.82) is 5.26 Å². The molecule has 0 atom stereocenters. The first-order chi connectivity index (χ1) is 13.5. The summed E-state index contributed by atoms with van der Waals surface area (Å²) in [5, 5.41) is 9.47. The van der Waals surface area contributed by atoms with Gasteiger partial charge in [-0.15, -0.1) is 0 Å². The summed E-state index contributed by atoms with van der Waals surface area (Å²) in [5.74, 6) is -2.76. The summed E-state index contributed by atoms with van der Waals surface area (Å²) in [6.45, 7) is 0. The van der Waals surface area contributed by atoms with Crippen LogP contribution in [0.25, 0.3) is 10.8 Å². The standard InChI is InChI=1S/C21H8N2O5/c22-9-10-1-3-11(4-2-10)23-18(24)12-5-7-14-17-15(21(27)28-20(14)26)8-6-13(16(12)17)19(23)25/h1-8H. The minimum atomic E-state index is -0.810. The summed E-state index contributed by atoms with van der Waals surface area (Å²) >= 11 is 0. The largest absolute Gasteiger partial charge is 0.386 e. The number of ether oxygens (including phenoxy) is 1. The third-order valence-corrected chi connectivity index (χ3v) is 4.91. The van der Waals surface area contributed by atoms with Gasteiger partial charge in [0.25, 0.3) is 11.8 Å². The second kappa shape index (κ2) is 5.34. The summed E-state index contributed by atoms with van der Waals surface area (Å²) in [4.78, 5) is 51.4. The van der Waals surface area contributed by atoms with E-state index in [1.807, 2.05) is 6.07 Å². The van der Waals surface area contributed by atoms with Gasteiger partial charge in [0.05, 0.1) is 28.4 Å². The zero-order valence-electron chi connectivity index (χ0n) is 14.1. The van der Waals surface area contributed by atoms with Crippen LogP contribution in [0.15, 0.2) is 48.5 Å². The van der Waals surface area contributed by atoms with Crippen molar-refractivity contribution in [3.63, 3.8) is 0 Å². The molecule has 0 unspecified atom stereocenters. The fraction of sp³-hybridized carbons (Fsp3) is 0. The van der Waals surface area contributed by atoms with Crippen molar-refractivity contribution in [1.82, 2.24) is 0 Å². The molecule has 0 radical (unpaired) electrons. The molecule has 5 rings (SSSR count). The van der Waals surface area contributed by atoms with E-state index in [0.29, 0.717) is 11.3 Å². The van der Waals surface area contributed by atoms with Crippen LogP contribution in [0.2, 0.25) is 0 Å². The number of hydrogen-bond acceptors (Lipinski definition) is 6. The maximum atomic E-state index is 13.1. The summed E-state index contributed by atoms with van der Waals surface area (Å²) < 4.78 is 4.72. The second-order valence-electron chi connectivity index (χ2n) is 6.35. The molecule has 0 spiro atoms. The van der Waals surface area contributed by atoms with E-state index in [2.05, 4.69) is 0 Å². The predicted octanol–water partition coefficient (Wildman–Crippen LogP) is 2.82. The highest BCUT2D eigenvalue weighted by atomic mass is 16.6. The van der Waals surface area contributed by atoms with Gasteiger partial charge < -0.3 is 4.74 Å². The number of imide groups is 1. The van der Waals surface area contributed by atoms with Crippen molar-refractivity contribution < 1.29 is 23.9 Å². The Kier molecular flexibility index (Phi) is 3.04. The highest BCUT2D eigenvalue weighted by Gasteiger charge is 2.38. The molecule has 132 valence electrons. The zero-order chi connectivity index (χ0) is 19.6. The quantitative estimate of drug-likeness (QED) is 0.372. The molecule has 0 aliphatic carbocycles. The van der Waals surface area contributed by atoms with Crippen molar-refractivity contribution in [2.75, 3.05) is 4.90 Å². The Bertz CT molecular complexity index is 1250. The number of benzene rings is 3. The molecular weight excluding hydrogens is 360 g/mol. The molecule has 3 aromatic rings. The zero-order valence-corrected chi connectivity index (χ0v) is 14.1. The molecule has 2 aliphatic heterocycles. The van der Waals surface area contributed by atoms with Crippen molar-refractivity contribution in [2.45, 2.75) is 0 Å². The molecule has 28 heavy (non-hydrogen) atoms. The van der Waals surface area contributed by atoms with Crippen molar-refractivity contribution in [2.24, 2.45) is 0 Å². The smallest absolute Gasteiger partial charge is 0.346 e. The van der Waals surface area contributed by atoms with E-state index in [0.717, 1.165) is 4.90 Å². The maximum absolute atomic E-state index is 13.1. The molecule has 7 heteroatoms. The molecule has 0 bridgehead atoms. The monoisotopic (exact) mass is 368 g/mol. The Morgan fingerprint density at radius 1 is 0.679 bits per heavy atom. The number of cyclic esters (lactones) is 2. The van der Waals surface area contributed by atoms with Crippen LogP contribution in [0.1, 0.15) is 47.0 Å². The van der Waals surface area contributed by atoms with Crippen LogP contribution in [0.3, 0.4) is 0 Å². The van der Waals surface area contributed by atoms with E-state index >= 15 is 0 Å². The Hall–Kier alpha value is -4.31. The fourth-order valence-electron chi connectivity index (χ4n) is 3.64. The van der Waals surface area contributed by atoms with E-state index < -0.39 is 23.8 Å². The molecule has 2 aliphatic rings. The lowest BCUT2D eigenvalue weighted by Crippen LogP contribution is -2.41. The van der Waals surface area contributed by atoms with Crippen molar-refractivity contribution in [3.8, 4) is 6.07 Å². The third kappa shape index (κ3) is 1.91. The molecule has 0 saturated heterocycles. The van der Waals surface area contributed by atoms with Gasteiger partial charge in [0, 0.05) is 21.9 Å². The number of nitrogens with zero attached hydrogens (tertiary/aromatic N) is 2. The number of anilines is 1. The Morgan fingerprint density at radius 2 is 1.14 bits per heavy atom. The molecule has 2 amide bonds. The number of amides is 2. The van der Waals surface area contributed by atoms with Gasteiger partial charge in [-0.05, 0) is 48.5 Å². The average molecular weight is 368 g/mol. The van der Waals surface area contributed by atoms with Gasteiger partial charge in [0.2, 0.25) is 0 Å². The molecule has 0 fully saturated rings. The van der Waals surface area contributed by atoms with Gasteiger partial charge in [-0.25, -0.2) is 14.5 Å². The normalized spacial score (nSPS) is 14.9. The van der Waals surface area contributed by atoms with Gasteiger partial charge in [-0.2, -0.15) is 5.26 Å². The summed E-state index contributed by atoms with van der Waals surface area (Å²) in [7, 11) is 0. The number of hydrogen-bond donors (Lipinski definition) is 0. The number of esters is 2. The Morgan fingerprint density at radius 3 is 1.64 bits per heavy atom. The summed E-state index contributed by atoms with van der Waals surface area (Å²) in [6.07, 6.45) is 0. The first kappa shape index (κ1) is 15.9. The first-order valence-corrected chi connectivity index (χ1v) is 8.26. The number of carbonyl (C=O) groups is 4. The van der Waals surface area contributed by atoms with Gasteiger partial charge in [0.15, 0.2) is 0 Å². The first-order valence-electron chi connectivity index (χ1n) is 8.26. The molecule has 7 nitrogen and oxygen atoms in total. The van der Waals surface area contributed by atoms with Crippen LogP contribution >= 0.6 is 0 Å². The number of rotatable bonds is 1. The van der Waals surface area contributed by atoms with E-state index in [4.69, 9.17) is 10.00 Å². The lowest BCUT2D eigenvalue weighted by molar-refractivity contribution is 0.0390. The Balaban J connectivity index is 1.78. The predicted molar refractivity (Wildman–Crippen MR) is 96.0 cm³/mol. The SMILES string of the molecule is N#Cc1ccc(N2C(=O)c3ccc4c5c(ccc(c35)C2=O)C(=O)OC4=O)cc1. The molecule has 0 aromatic heterocycles. The topological polar surface area (TPSA) is 105 Å². The van der Waals surface area contributed by atoms with Gasteiger partial charge in [0.1, 0.15) is 0 Å². The lowest BCUT2D eigenvalue weighted by Gasteiger charge is -2.29. The van der Waals surface area contributed by atoms with Crippen molar-refractivity contribution >= 4 is 40.2 Å². The van der Waals surface area contributed by atoms with Crippen LogP contribution in [0.5, 0.6) is 0 Å². The minimum Gasteiger partial charge on any atom is -0.386 e. The van der Waals surface area contributed by atoms with E-state index in [9.17, 15) is 19.2 Å². The molecular formula is C21H8N2O5. The highest BCUT2D eigenvalue weighted by Crippen LogP contribution is 2.38. The average Bonchev–Trinajstić information content (AvgIpc) is 2.71. The second-order valence-corrected chi connectivity index (χ2v) is 6.35. The number of nitriles is 1. The van der Waals surface area contributed by atoms with Gasteiger partial charge in [-0.1, -0.05) is 0 Å². The van der Waals surface area contributed by atoms with Crippen LogP contribution < -0.4 is 4.90 Å². The molecule has 3 aromatic carbocycles. The van der Waals surface area contributed by atoms with Crippen LogP contribution in [0, 0.1) is 11.3 Å². The van der Waals surface area contributed by atoms with Crippen LogP contribution in [-0.2, 0) is 4.74 Å². The molecule has 2 heterocycles. The molecule has 0 saturated carbocycles. The fourth-order valence-corrected chi connectivity index (χ4v) is 3.64. The number of carbonyl (C=O) groups excluding carboxylic acids is 4. The van der Waals surface area contributed by atoms with Crippen LogP contribution in [-0.4, -0.2) is 23.8 Å². The van der Waals surface area contributed by atoms with Crippen LogP contribution in [0.4, 0.5) is 5.69 Å². The highest BCUT2D eigenvalue weighted by molar-refractivity contribution is 6.38. The van der Waals surface area contributed by atoms with Crippen molar-refractivity contribution in [3.05, 3.63) is 76.3 Å². The minimum absolute atomic E-state index is 0.141. The lowest BCUT2D eigenvalue weighted by atomic mass is 9.87.